The molecule has 1 N–H and O–H groups in total. The number of nitrogens with zero attached hydrogens (tertiary/aromatic N) is 2. The highest BCUT2D eigenvalue weighted by molar-refractivity contribution is 9.10. The molecule has 5 nitrogen and oxygen atoms in total. The number of benzene rings is 3. The zero-order valence-electron chi connectivity index (χ0n) is 19.2. The minimum absolute atomic E-state index is 0.195. The van der Waals surface area contributed by atoms with Gasteiger partial charge in [0.1, 0.15) is 5.75 Å². The number of esters is 1. The Labute approximate surface area is 206 Å². The van der Waals surface area contributed by atoms with Gasteiger partial charge in [-0.25, -0.2) is 4.79 Å². The number of hydrogen-bond donors (Lipinski definition) is 1. The molecular weight excluding hydrogens is 500 g/mol. The molecule has 33 heavy (non-hydrogen) atoms. The summed E-state index contributed by atoms with van der Waals surface area (Å²) in [5, 5.41) is 14.0. The molecule has 0 saturated heterocycles. The molecule has 0 aliphatic rings. The van der Waals surface area contributed by atoms with Crippen molar-refractivity contribution in [2.45, 2.75) is 24.1 Å². The Kier molecular flexibility index (Phi) is 7.02. The van der Waals surface area contributed by atoms with Crippen LogP contribution in [0.15, 0.2) is 57.9 Å². The molecule has 0 radical (unpaired) electrons. The Morgan fingerprint density at radius 3 is 2.58 bits per heavy atom. The third-order valence-corrected chi connectivity index (χ3v) is 7.28. The van der Waals surface area contributed by atoms with E-state index in [1.54, 1.807) is 11.8 Å². The predicted octanol–water partition coefficient (Wildman–Crippen LogP) is 6.33. The molecule has 1 aromatic heterocycles. The number of hydrogen-bond acceptors (Lipinski definition) is 5. The van der Waals surface area contributed by atoms with Gasteiger partial charge in [0.15, 0.2) is 0 Å². The van der Waals surface area contributed by atoms with Crippen molar-refractivity contribution in [1.82, 2.24) is 9.47 Å². The first-order valence-electron chi connectivity index (χ1n) is 10.8. The van der Waals surface area contributed by atoms with E-state index in [9.17, 15) is 9.90 Å². The van der Waals surface area contributed by atoms with E-state index in [4.69, 9.17) is 4.74 Å². The summed E-state index contributed by atoms with van der Waals surface area (Å²) < 4.78 is 8.04. The van der Waals surface area contributed by atoms with Gasteiger partial charge in [-0.3, -0.25) is 0 Å². The summed E-state index contributed by atoms with van der Waals surface area (Å²) in [6.07, 6.45) is 0. The lowest BCUT2D eigenvalue weighted by molar-refractivity contribution is 0.0527. The number of phenolic OH excluding ortho intramolecular Hbond substituents is 1. The van der Waals surface area contributed by atoms with Crippen LogP contribution in [0.1, 0.15) is 28.5 Å². The van der Waals surface area contributed by atoms with Gasteiger partial charge in [-0.15, -0.1) is 11.8 Å². The van der Waals surface area contributed by atoms with Crippen LogP contribution in [0.5, 0.6) is 5.75 Å². The molecule has 1 heterocycles. The standard InChI is InChI=1S/C26H27BrN2O3S/c1-5-32-26(31)23-19-13-21(27)25(30)20(14-28(2)3)24(19)29(4)22(23)15-33-18-11-10-16-8-6-7-9-17(16)12-18/h6-13,30H,5,14-15H2,1-4H3. The average Bonchev–Trinajstić information content (AvgIpc) is 3.06. The highest BCUT2D eigenvalue weighted by atomic mass is 79.9. The summed E-state index contributed by atoms with van der Waals surface area (Å²) in [5.74, 6) is 0.448. The zero-order valence-corrected chi connectivity index (χ0v) is 21.6. The first-order valence-corrected chi connectivity index (χ1v) is 12.5. The van der Waals surface area contributed by atoms with Crippen LogP contribution >= 0.6 is 27.7 Å². The second kappa shape index (κ2) is 9.79. The molecule has 0 saturated carbocycles. The molecule has 0 aliphatic heterocycles. The number of halogens is 1. The van der Waals surface area contributed by atoms with Crippen molar-refractivity contribution in [2.24, 2.45) is 7.05 Å². The van der Waals surface area contributed by atoms with Gasteiger partial charge in [0.2, 0.25) is 0 Å². The molecule has 0 fully saturated rings. The Bertz CT molecular complexity index is 1350. The number of carbonyl (C=O) groups is 1. The van der Waals surface area contributed by atoms with Crippen LogP contribution < -0.4 is 0 Å². The molecule has 3 aromatic carbocycles. The topological polar surface area (TPSA) is 54.7 Å². The third-order valence-electron chi connectivity index (χ3n) is 5.67. The van der Waals surface area contributed by atoms with Gasteiger partial charge in [0, 0.05) is 40.9 Å². The van der Waals surface area contributed by atoms with Crippen molar-refractivity contribution >= 4 is 55.3 Å². The maximum absolute atomic E-state index is 13.1. The number of aromatic nitrogens is 1. The first-order chi connectivity index (χ1) is 15.8. The van der Waals surface area contributed by atoms with Gasteiger partial charge < -0.3 is 19.3 Å². The summed E-state index contributed by atoms with van der Waals surface area (Å²) in [5.41, 5.74) is 3.06. The van der Waals surface area contributed by atoms with E-state index in [2.05, 4.69) is 46.3 Å². The smallest absolute Gasteiger partial charge is 0.340 e. The molecule has 4 aromatic rings. The molecule has 7 heteroatoms. The number of rotatable bonds is 7. The highest BCUT2D eigenvalue weighted by Gasteiger charge is 2.26. The number of carbonyl (C=O) groups excluding carboxylic acids is 1. The molecule has 4 rings (SSSR count). The van der Waals surface area contributed by atoms with Crippen LogP contribution in [0.4, 0.5) is 0 Å². The molecular formula is C26H27BrN2O3S. The average molecular weight is 527 g/mol. The normalized spacial score (nSPS) is 11.6. The summed E-state index contributed by atoms with van der Waals surface area (Å²) in [6, 6.07) is 16.5. The van der Waals surface area contributed by atoms with Gasteiger partial charge >= 0.3 is 5.97 Å². The number of fused-ring (bicyclic) bond motifs is 2. The Morgan fingerprint density at radius 1 is 1.15 bits per heavy atom. The zero-order chi connectivity index (χ0) is 23.7. The number of ether oxygens (including phenoxy) is 1. The largest absolute Gasteiger partial charge is 0.506 e. The summed E-state index contributed by atoms with van der Waals surface area (Å²) >= 11 is 5.16. The Morgan fingerprint density at radius 2 is 1.88 bits per heavy atom. The highest BCUT2D eigenvalue weighted by Crippen LogP contribution is 2.40. The third kappa shape index (κ3) is 4.63. The fraction of sp³-hybridized carbons (Fsp3) is 0.269. The van der Waals surface area contributed by atoms with Crippen molar-refractivity contribution in [2.75, 3.05) is 20.7 Å². The van der Waals surface area contributed by atoms with Crippen LogP contribution in [0.3, 0.4) is 0 Å². The second-order valence-electron chi connectivity index (χ2n) is 8.22. The number of aromatic hydroxyl groups is 1. The van der Waals surface area contributed by atoms with Crippen molar-refractivity contribution in [3.05, 3.63) is 69.8 Å². The van der Waals surface area contributed by atoms with Crippen molar-refractivity contribution in [1.29, 1.82) is 0 Å². The lowest BCUT2D eigenvalue weighted by Gasteiger charge is -2.15. The fourth-order valence-corrected chi connectivity index (χ4v) is 5.67. The predicted molar refractivity (Wildman–Crippen MR) is 139 cm³/mol. The van der Waals surface area contributed by atoms with Gasteiger partial charge in [0.25, 0.3) is 0 Å². The second-order valence-corrected chi connectivity index (χ2v) is 10.1. The van der Waals surface area contributed by atoms with E-state index in [1.807, 2.05) is 55.7 Å². The van der Waals surface area contributed by atoms with Crippen LogP contribution in [-0.2, 0) is 24.1 Å². The van der Waals surface area contributed by atoms with E-state index in [-0.39, 0.29) is 11.7 Å². The van der Waals surface area contributed by atoms with E-state index in [1.165, 1.54) is 10.8 Å². The fourth-order valence-electron chi connectivity index (χ4n) is 4.19. The van der Waals surface area contributed by atoms with E-state index >= 15 is 0 Å². The van der Waals surface area contributed by atoms with E-state index < -0.39 is 0 Å². The Balaban J connectivity index is 1.83. The van der Waals surface area contributed by atoms with E-state index in [0.717, 1.165) is 27.1 Å². The number of phenols is 1. The maximum Gasteiger partial charge on any atom is 0.340 e. The van der Waals surface area contributed by atoms with Crippen LogP contribution in [-0.4, -0.2) is 41.2 Å². The molecule has 0 unspecified atom stereocenters. The maximum atomic E-state index is 13.1. The summed E-state index contributed by atoms with van der Waals surface area (Å²) in [4.78, 5) is 16.2. The Hall–Kier alpha value is -2.48. The molecule has 0 amide bonds. The lowest BCUT2D eigenvalue weighted by Crippen LogP contribution is -2.12. The number of aryl methyl sites for hydroxylation is 1. The minimum atomic E-state index is -0.342. The quantitative estimate of drug-likeness (QED) is 0.225. The lowest BCUT2D eigenvalue weighted by atomic mass is 10.1. The summed E-state index contributed by atoms with van der Waals surface area (Å²) in [6.45, 7) is 2.65. The SMILES string of the molecule is CCOC(=O)c1c(CSc2ccc3ccccc3c2)n(C)c2c(CN(C)C)c(O)c(Br)cc12. The summed E-state index contributed by atoms with van der Waals surface area (Å²) in [7, 11) is 5.86. The molecule has 0 atom stereocenters. The van der Waals surface area contributed by atoms with E-state index in [0.29, 0.717) is 28.9 Å². The van der Waals surface area contributed by atoms with Crippen LogP contribution in [0, 0.1) is 0 Å². The van der Waals surface area contributed by atoms with Crippen LogP contribution in [0.2, 0.25) is 0 Å². The van der Waals surface area contributed by atoms with Gasteiger partial charge in [0.05, 0.1) is 22.2 Å². The van der Waals surface area contributed by atoms with Crippen molar-refractivity contribution in [3.8, 4) is 5.75 Å². The van der Waals surface area contributed by atoms with Gasteiger partial charge in [-0.2, -0.15) is 0 Å². The molecule has 0 spiro atoms. The monoisotopic (exact) mass is 526 g/mol. The first kappa shape index (κ1) is 23.7. The molecule has 0 aliphatic carbocycles. The van der Waals surface area contributed by atoms with Gasteiger partial charge in [-0.05, 0) is 65.9 Å². The van der Waals surface area contributed by atoms with Crippen LogP contribution in [0.25, 0.3) is 21.7 Å². The molecule has 172 valence electrons. The number of thioether (sulfide) groups is 1. The van der Waals surface area contributed by atoms with Crippen molar-refractivity contribution in [3.63, 3.8) is 0 Å². The molecule has 0 bridgehead atoms. The van der Waals surface area contributed by atoms with Gasteiger partial charge in [-0.1, -0.05) is 30.3 Å². The minimum Gasteiger partial charge on any atom is -0.506 e. The van der Waals surface area contributed by atoms with Crippen molar-refractivity contribution < 1.29 is 14.6 Å².